The monoisotopic (exact) mass is 331 g/mol. The SMILES string of the molecule is CCCCS(=O)(=O)N1CCC(C(=O)OC2CCCCC2)CC1. The van der Waals surface area contributed by atoms with E-state index in [4.69, 9.17) is 4.74 Å². The third kappa shape index (κ3) is 4.95. The van der Waals surface area contributed by atoms with Gasteiger partial charge in [0.1, 0.15) is 6.10 Å². The van der Waals surface area contributed by atoms with E-state index in [9.17, 15) is 13.2 Å². The molecule has 1 heterocycles. The van der Waals surface area contributed by atoms with E-state index < -0.39 is 10.0 Å². The second kappa shape index (κ2) is 8.29. The van der Waals surface area contributed by atoms with E-state index in [0.717, 1.165) is 32.1 Å². The smallest absolute Gasteiger partial charge is 0.309 e. The molecule has 1 saturated heterocycles. The third-order valence-electron chi connectivity index (χ3n) is 4.77. The Morgan fingerprint density at radius 3 is 2.32 bits per heavy atom. The molecule has 0 N–H and O–H groups in total. The molecule has 0 bridgehead atoms. The molecule has 2 aliphatic rings. The number of esters is 1. The van der Waals surface area contributed by atoms with Crippen molar-refractivity contribution in [3.8, 4) is 0 Å². The Morgan fingerprint density at radius 2 is 1.73 bits per heavy atom. The molecule has 1 aliphatic heterocycles. The molecular formula is C16H29NO4S. The number of nitrogens with zero attached hydrogens (tertiary/aromatic N) is 1. The number of unbranched alkanes of at least 4 members (excludes halogenated alkanes) is 1. The van der Waals surface area contributed by atoms with Gasteiger partial charge in [-0.2, -0.15) is 0 Å². The van der Waals surface area contributed by atoms with E-state index in [1.807, 2.05) is 6.92 Å². The van der Waals surface area contributed by atoms with Crippen molar-refractivity contribution in [1.82, 2.24) is 4.31 Å². The molecule has 128 valence electrons. The van der Waals surface area contributed by atoms with Crippen molar-refractivity contribution in [2.75, 3.05) is 18.8 Å². The van der Waals surface area contributed by atoms with E-state index in [-0.39, 0.29) is 23.7 Å². The van der Waals surface area contributed by atoms with E-state index in [2.05, 4.69) is 0 Å². The van der Waals surface area contributed by atoms with Crippen LogP contribution in [0.5, 0.6) is 0 Å². The summed E-state index contributed by atoms with van der Waals surface area (Å²) < 4.78 is 31.5. The highest BCUT2D eigenvalue weighted by atomic mass is 32.2. The highest BCUT2D eigenvalue weighted by Crippen LogP contribution is 2.25. The molecule has 0 aromatic carbocycles. The first-order valence-corrected chi connectivity index (χ1v) is 10.3. The summed E-state index contributed by atoms with van der Waals surface area (Å²) in [4.78, 5) is 12.2. The highest BCUT2D eigenvalue weighted by Gasteiger charge is 2.32. The second-order valence-corrected chi connectivity index (χ2v) is 8.63. The minimum atomic E-state index is -3.14. The molecule has 0 atom stereocenters. The first-order valence-electron chi connectivity index (χ1n) is 8.71. The summed E-state index contributed by atoms with van der Waals surface area (Å²) in [5.41, 5.74) is 0. The van der Waals surface area contributed by atoms with E-state index in [0.29, 0.717) is 32.4 Å². The number of rotatable bonds is 6. The lowest BCUT2D eigenvalue weighted by Gasteiger charge is -2.31. The van der Waals surface area contributed by atoms with Gasteiger partial charge in [0.15, 0.2) is 0 Å². The van der Waals surface area contributed by atoms with Crippen LogP contribution in [-0.2, 0) is 19.6 Å². The maximum absolute atomic E-state index is 12.2. The topological polar surface area (TPSA) is 63.7 Å². The summed E-state index contributed by atoms with van der Waals surface area (Å²) in [6, 6.07) is 0. The van der Waals surface area contributed by atoms with Crippen LogP contribution in [-0.4, -0.2) is 43.6 Å². The number of ether oxygens (including phenoxy) is 1. The van der Waals surface area contributed by atoms with Crippen LogP contribution < -0.4 is 0 Å². The zero-order valence-corrected chi connectivity index (χ0v) is 14.4. The normalized spacial score (nSPS) is 22.6. The first kappa shape index (κ1) is 17.7. The summed E-state index contributed by atoms with van der Waals surface area (Å²) in [6.45, 7) is 2.90. The molecule has 1 saturated carbocycles. The van der Waals surface area contributed by atoms with Gasteiger partial charge in [-0.1, -0.05) is 19.8 Å². The maximum Gasteiger partial charge on any atom is 0.309 e. The summed E-state index contributed by atoms with van der Waals surface area (Å²) in [5, 5.41) is 0. The molecule has 2 rings (SSSR count). The minimum Gasteiger partial charge on any atom is -0.462 e. The van der Waals surface area contributed by atoms with Crippen molar-refractivity contribution in [1.29, 1.82) is 0 Å². The van der Waals surface area contributed by atoms with Gasteiger partial charge >= 0.3 is 5.97 Å². The number of hydrogen-bond acceptors (Lipinski definition) is 4. The molecule has 0 radical (unpaired) electrons. The number of sulfonamides is 1. The van der Waals surface area contributed by atoms with Gasteiger partial charge in [-0.25, -0.2) is 12.7 Å². The molecule has 0 aromatic heterocycles. The molecule has 0 aromatic rings. The quantitative estimate of drug-likeness (QED) is 0.702. The van der Waals surface area contributed by atoms with Crippen LogP contribution in [0.2, 0.25) is 0 Å². The van der Waals surface area contributed by atoms with Crippen molar-refractivity contribution >= 4 is 16.0 Å². The summed E-state index contributed by atoms with van der Waals surface area (Å²) in [7, 11) is -3.14. The van der Waals surface area contributed by atoms with Crippen molar-refractivity contribution in [3.63, 3.8) is 0 Å². The molecule has 5 nitrogen and oxygen atoms in total. The average molecular weight is 331 g/mol. The summed E-state index contributed by atoms with van der Waals surface area (Å²) >= 11 is 0. The lowest BCUT2D eigenvalue weighted by Crippen LogP contribution is -2.42. The van der Waals surface area contributed by atoms with Crippen LogP contribution in [0, 0.1) is 5.92 Å². The van der Waals surface area contributed by atoms with Gasteiger partial charge in [-0.15, -0.1) is 0 Å². The lowest BCUT2D eigenvalue weighted by atomic mass is 9.96. The van der Waals surface area contributed by atoms with Crippen molar-refractivity contribution in [3.05, 3.63) is 0 Å². The Bertz CT molecular complexity index is 449. The molecule has 0 unspecified atom stereocenters. The molecule has 22 heavy (non-hydrogen) atoms. The van der Waals surface area contributed by atoms with Crippen LogP contribution in [0.25, 0.3) is 0 Å². The zero-order chi connectivity index (χ0) is 16.0. The Kier molecular flexibility index (Phi) is 6.68. The predicted molar refractivity (Wildman–Crippen MR) is 86.0 cm³/mol. The summed E-state index contributed by atoms with van der Waals surface area (Å²) in [6.07, 6.45) is 8.35. The predicted octanol–water partition coefficient (Wildman–Crippen LogP) is 2.70. The van der Waals surface area contributed by atoms with E-state index in [1.54, 1.807) is 4.31 Å². The fraction of sp³-hybridized carbons (Fsp3) is 0.938. The van der Waals surface area contributed by atoms with Gasteiger partial charge in [0, 0.05) is 13.1 Å². The average Bonchev–Trinajstić information content (AvgIpc) is 2.54. The van der Waals surface area contributed by atoms with Crippen molar-refractivity contribution in [2.45, 2.75) is 70.8 Å². The molecule has 0 spiro atoms. The minimum absolute atomic E-state index is 0.0903. The number of carbonyl (C=O) groups is 1. The largest absolute Gasteiger partial charge is 0.462 e. The van der Waals surface area contributed by atoms with Gasteiger partial charge in [0.05, 0.1) is 11.7 Å². The van der Waals surface area contributed by atoms with Crippen molar-refractivity contribution < 1.29 is 17.9 Å². The molecule has 1 aliphatic carbocycles. The Morgan fingerprint density at radius 1 is 1.09 bits per heavy atom. The molecule has 2 fully saturated rings. The van der Waals surface area contributed by atoms with Crippen molar-refractivity contribution in [2.24, 2.45) is 5.92 Å². The standard InChI is InChI=1S/C16H29NO4S/c1-2-3-13-22(19,20)17-11-9-14(10-12-17)16(18)21-15-7-5-4-6-8-15/h14-15H,2-13H2,1H3. The van der Waals surface area contributed by atoms with Crippen LogP contribution in [0.15, 0.2) is 0 Å². The molecular weight excluding hydrogens is 302 g/mol. The van der Waals surface area contributed by atoms with Crippen LogP contribution >= 0.6 is 0 Å². The van der Waals surface area contributed by atoms with Gasteiger partial charge in [0.25, 0.3) is 0 Å². The van der Waals surface area contributed by atoms with E-state index >= 15 is 0 Å². The van der Waals surface area contributed by atoms with Gasteiger partial charge in [-0.3, -0.25) is 4.79 Å². The van der Waals surface area contributed by atoms with Gasteiger partial charge in [0.2, 0.25) is 10.0 Å². The van der Waals surface area contributed by atoms with Gasteiger partial charge in [-0.05, 0) is 44.9 Å². The zero-order valence-electron chi connectivity index (χ0n) is 13.6. The fourth-order valence-electron chi connectivity index (χ4n) is 3.27. The first-order chi connectivity index (χ1) is 10.5. The van der Waals surface area contributed by atoms with E-state index in [1.165, 1.54) is 6.42 Å². The maximum atomic E-state index is 12.2. The Labute approximate surface area is 134 Å². The lowest BCUT2D eigenvalue weighted by molar-refractivity contribution is -0.156. The Hall–Kier alpha value is -0.620. The molecule has 6 heteroatoms. The van der Waals surface area contributed by atoms with Crippen LogP contribution in [0.3, 0.4) is 0 Å². The second-order valence-electron chi connectivity index (χ2n) is 6.54. The van der Waals surface area contributed by atoms with Gasteiger partial charge < -0.3 is 4.74 Å². The highest BCUT2D eigenvalue weighted by molar-refractivity contribution is 7.89. The Balaban J connectivity index is 1.77. The number of hydrogen-bond donors (Lipinski definition) is 0. The molecule has 0 amide bonds. The number of carbonyl (C=O) groups excluding carboxylic acids is 1. The van der Waals surface area contributed by atoms with Crippen LogP contribution in [0.1, 0.15) is 64.7 Å². The number of piperidine rings is 1. The summed E-state index contributed by atoms with van der Waals surface area (Å²) in [5.74, 6) is -0.0159. The van der Waals surface area contributed by atoms with Crippen LogP contribution in [0.4, 0.5) is 0 Å². The fourth-order valence-corrected chi connectivity index (χ4v) is 4.95. The third-order valence-corrected chi connectivity index (χ3v) is 6.73.